The van der Waals surface area contributed by atoms with E-state index < -0.39 is 35.2 Å². The van der Waals surface area contributed by atoms with Crippen molar-refractivity contribution in [3.05, 3.63) is 34.9 Å². The topological polar surface area (TPSA) is 120 Å². The molecule has 29 heavy (non-hydrogen) atoms. The number of alkyl halides is 1. The zero-order valence-electron chi connectivity index (χ0n) is 15.8. The molecule has 0 saturated carbocycles. The smallest absolute Gasteiger partial charge is 0.312 e. The van der Waals surface area contributed by atoms with Crippen LogP contribution in [-0.2, 0) is 14.3 Å². The standard InChI is InChI=1S/C20H22Cl2N2O5/c1-12-20(19(27)28,6-3-8-23)17(13-4-2-5-14(22)10-13)16(18(25)26)15(24-12)11-29-9-7-21/h2,4-5,10,12,16-17H,3,6-7,9,11H2,1H3,(H,25,26)(H,27,28). The lowest BCUT2D eigenvalue weighted by Crippen LogP contribution is -2.55. The van der Waals surface area contributed by atoms with Crippen molar-refractivity contribution in [2.45, 2.75) is 31.7 Å². The maximum absolute atomic E-state index is 12.5. The number of benzene rings is 1. The number of halogens is 2. The predicted molar refractivity (Wildman–Crippen MR) is 109 cm³/mol. The second kappa shape index (κ2) is 10.1. The number of carboxylic acid groups (broad SMARTS) is 2. The third-order valence-electron chi connectivity index (χ3n) is 5.35. The normalized spacial score (nSPS) is 26.4. The number of carboxylic acids is 2. The van der Waals surface area contributed by atoms with E-state index in [1.165, 1.54) is 0 Å². The second-order valence-corrected chi connectivity index (χ2v) is 7.70. The number of rotatable bonds is 9. The molecular weight excluding hydrogens is 419 g/mol. The molecule has 4 unspecified atom stereocenters. The van der Waals surface area contributed by atoms with Gasteiger partial charge in [0.25, 0.3) is 0 Å². The highest BCUT2D eigenvalue weighted by Gasteiger charge is 2.58. The van der Waals surface area contributed by atoms with Crippen LogP contribution in [0.5, 0.6) is 0 Å². The summed E-state index contributed by atoms with van der Waals surface area (Å²) in [6.45, 7) is 1.77. The van der Waals surface area contributed by atoms with Gasteiger partial charge in [0, 0.05) is 23.2 Å². The van der Waals surface area contributed by atoms with Gasteiger partial charge in [0.2, 0.25) is 0 Å². The summed E-state index contributed by atoms with van der Waals surface area (Å²) in [6.07, 6.45) is -0.0894. The molecular formula is C20H22Cl2N2O5. The summed E-state index contributed by atoms with van der Waals surface area (Å²) in [6, 6.07) is 7.70. The third-order valence-corrected chi connectivity index (χ3v) is 5.74. The second-order valence-electron chi connectivity index (χ2n) is 6.89. The number of hydrogen-bond donors (Lipinski definition) is 2. The highest BCUT2D eigenvalue weighted by atomic mass is 35.5. The molecule has 2 N–H and O–H groups in total. The maximum atomic E-state index is 12.5. The van der Waals surface area contributed by atoms with Crippen molar-refractivity contribution in [1.82, 2.24) is 0 Å². The molecule has 1 aliphatic heterocycles. The molecule has 156 valence electrons. The molecule has 0 amide bonds. The first kappa shape index (κ1) is 23.1. The highest BCUT2D eigenvalue weighted by Crippen LogP contribution is 2.52. The summed E-state index contributed by atoms with van der Waals surface area (Å²) in [4.78, 5) is 29.3. The van der Waals surface area contributed by atoms with Crippen LogP contribution in [-0.4, -0.2) is 53.0 Å². The van der Waals surface area contributed by atoms with Crippen LogP contribution < -0.4 is 0 Å². The Kier molecular flexibility index (Phi) is 8.03. The minimum Gasteiger partial charge on any atom is -0.481 e. The van der Waals surface area contributed by atoms with Crippen molar-refractivity contribution in [2.24, 2.45) is 16.3 Å². The van der Waals surface area contributed by atoms with Crippen LogP contribution >= 0.6 is 23.2 Å². The molecule has 1 aromatic rings. The first-order chi connectivity index (χ1) is 13.8. The zero-order valence-corrected chi connectivity index (χ0v) is 17.4. The van der Waals surface area contributed by atoms with Gasteiger partial charge in [0.05, 0.1) is 36.5 Å². The number of hydrogen-bond acceptors (Lipinski definition) is 5. The molecule has 0 spiro atoms. The molecule has 4 atom stereocenters. The zero-order chi connectivity index (χ0) is 21.6. The quantitative estimate of drug-likeness (QED) is 0.446. The molecule has 0 fully saturated rings. The summed E-state index contributed by atoms with van der Waals surface area (Å²) < 4.78 is 5.42. The number of ether oxygens (including phenoxy) is 1. The Balaban J connectivity index is 2.71. The highest BCUT2D eigenvalue weighted by molar-refractivity contribution is 6.30. The van der Waals surface area contributed by atoms with Crippen molar-refractivity contribution in [1.29, 1.82) is 5.26 Å². The molecule has 9 heteroatoms. The van der Waals surface area contributed by atoms with Gasteiger partial charge in [-0.1, -0.05) is 23.7 Å². The Morgan fingerprint density at radius 2 is 2.10 bits per heavy atom. The molecule has 0 radical (unpaired) electrons. The van der Waals surface area contributed by atoms with Crippen molar-refractivity contribution in [3.8, 4) is 6.07 Å². The van der Waals surface area contributed by atoms with Gasteiger partial charge >= 0.3 is 11.9 Å². The van der Waals surface area contributed by atoms with E-state index in [1.807, 2.05) is 6.07 Å². The Hall–Kier alpha value is -2.14. The summed E-state index contributed by atoms with van der Waals surface area (Å²) >= 11 is 11.8. The van der Waals surface area contributed by atoms with Crippen LogP contribution in [0.25, 0.3) is 0 Å². The van der Waals surface area contributed by atoms with E-state index in [0.717, 1.165) is 0 Å². The van der Waals surface area contributed by atoms with Gasteiger partial charge in [-0.3, -0.25) is 14.6 Å². The lowest BCUT2D eigenvalue weighted by atomic mass is 9.58. The lowest BCUT2D eigenvalue weighted by Gasteiger charge is -2.46. The Labute approximate surface area is 178 Å². The van der Waals surface area contributed by atoms with Gasteiger partial charge in [-0.05, 0) is 31.0 Å². The SMILES string of the molecule is CC1N=C(COCCCl)C(C(=O)O)C(c2cccc(Cl)c2)C1(CCC#N)C(=O)O. The lowest BCUT2D eigenvalue weighted by molar-refractivity contribution is -0.156. The van der Waals surface area contributed by atoms with Crippen LogP contribution in [0.15, 0.2) is 29.3 Å². The Bertz CT molecular complexity index is 838. The largest absolute Gasteiger partial charge is 0.481 e. The molecule has 2 rings (SSSR count). The van der Waals surface area contributed by atoms with Crippen LogP contribution in [0.4, 0.5) is 0 Å². The van der Waals surface area contributed by atoms with Crippen molar-refractivity contribution in [3.63, 3.8) is 0 Å². The predicted octanol–water partition coefficient (Wildman–Crippen LogP) is 3.60. The van der Waals surface area contributed by atoms with Gasteiger partial charge in [0.15, 0.2) is 0 Å². The Morgan fingerprint density at radius 1 is 1.38 bits per heavy atom. The van der Waals surface area contributed by atoms with Crippen LogP contribution in [0.3, 0.4) is 0 Å². The number of aliphatic carboxylic acids is 2. The molecule has 7 nitrogen and oxygen atoms in total. The summed E-state index contributed by atoms with van der Waals surface area (Å²) in [5.74, 6) is -4.39. The molecule has 1 aromatic carbocycles. The van der Waals surface area contributed by atoms with E-state index in [0.29, 0.717) is 10.6 Å². The molecule has 0 saturated heterocycles. The molecule has 1 aliphatic rings. The number of aliphatic imine (C=N–C) groups is 1. The van der Waals surface area contributed by atoms with E-state index in [-0.39, 0.29) is 37.6 Å². The van der Waals surface area contributed by atoms with Crippen molar-refractivity contribution >= 4 is 40.9 Å². The van der Waals surface area contributed by atoms with E-state index in [1.54, 1.807) is 31.2 Å². The first-order valence-electron chi connectivity index (χ1n) is 9.08. The third kappa shape index (κ3) is 4.72. The molecule has 0 bridgehead atoms. The molecule has 1 heterocycles. The van der Waals surface area contributed by atoms with E-state index in [2.05, 4.69) is 4.99 Å². The monoisotopic (exact) mass is 440 g/mol. The van der Waals surface area contributed by atoms with Crippen molar-refractivity contribution < 1.29 is 24.5 Å². The maximum Gasteiger partial charge on any atom is 0.312 e. The Morgan fingerprint density at radius 3 is 2.66 bits per heavy atom. The number of nitrogens with zero attached hydrogens (tertiary/aromatic N) is 2. The van der Waals surface area contributed by atoms with Crippen LogP contribution in [0.2, 0.25) is 5.02 Å². The number of carbonyl (C=O) groups is 2. The van der Waals surface area contributed by atoms with Gasteiger partial charge in [-0.2, -0.15) is 5.26 Å². The first-order valence-corrected chi connectivity index (χ1v) is 9.99. The van der Waals surface area contributed by atoms with Crippen LogP contribution in [0, 0.1) is 22.7 Å². The van der Waals surface area contributed by atoms with Crippen molar-refractivity contribution in [2.75, 3.05) is 19.1 Å². The number of nitriles is 1. The van der Waals surface area contributed by atoms with E-state index in [9.17, 15) is 19.8 Å². The van der Waals surface area contributed by atoms with Gasteiger partial charge in [-0.25, -0.2) is 0 Å². The molecule has 0 aliphatic carbocycles. The fraction of sp³-hybridized carbons (Fsp3) is 0.500. The van der Waals surface area contributed by atoms with Gasteiger partial charge in [-0.15, -0.1) is 11.6 Å². The van der Waals surface area contributed by atoms with E-state index >= 15 is 0 Å². The minimum absolute atomic E-state index is 0.0414. The fourth-order valence-electron chi connectivity index (χ4n) is 4.07. The molecule has 0 aromatic heterocycles. The minimum atomic E-state index is -1.58. The summed E-state index contributed by atoms with van der Waals surface area (Å²) in [5.41, 5.74) is -0.866. The average molecular weight is 441 g/mol. The average Bonchev–Trinajstić information content (AvgIpc) is 2.66. The summed E-state index contributed by atoms with van der Waals surface area (Å²) in [7, 11) is 0. The summed E-state index contributed by atoms with van der Waals surface area (Å²) in [5, 5.41) is 29.7. The van der Waals surface area contributed by atoms with E-state index in [4.69, 9.17) is 33.2 Å². The van der Waals surface area contributed by atoms with Crippen LogP contribution in [0.1, 0.15) is 31.2 Å². The fourth-order valence-corrected chi connectivity index (χ4v) is 4.38. The van der Waals surface area contributed by atoms with Gasteiger partial charge in [0.1, 0.15) is 5.92 Å². The van der Waals surface area contributed by atoms with Gasteiger partial charge < -0.3 is 14.9 Å².